The summed E-state index contributed by atoms with van der Waals surface area (Å²) in [7, 11) is 0. The quantitative estimate of drug-likeness (QED) is 0.0890. The van der Waals surface area contributed by atoms with Gasteiger partial charge < -0.3 is 9.52 Å². The third kappa shape index (κ3) is 7.96. The molecular formula is C43H49IrN2O3S-. The number of ketones is 1. The summed E-state index contributed by atoms with van der Waals surface area (Å²) < 4.78 is 6.38. The van der Waals surface area contributed by atoms with Crippen molar-refractivity contribution in [2.75, 3.05) is 0 Å². The van der Waals surface area contributed by atoms with Crippen LogP contribution < -0.4 is 0 Å². The van der Waals surface area contributed by atoms with Crippen molar-refractivity contribution in [3.8, 4) is 22.6 Å². The monoisotopic (exact) mass is 866 g/mol. The fourth-order valence-electron chi connectivity index (χ4n) is 5.95. The summed E-state index contributed by atoms with van der Waals surface area (Å²) in [5.74, 6) is 1.08. The molecule has 0 unspecified atom stereocenters. The van der Waals surface area contributed by atoms with Crippen LogP contribution in [0.25, 0.3) is 54.5 Å². The van der Waals surface area contributed by atoms with Gasteiger partial charge in [-0.05, 0) is 60.7 Å². The average Bonchev–Trinajstić information content (AvgIpc) is 3.77. The second-order valence-corrected chi connectivity index (χ2v) is 15.4. The summed E-state index contributed by atoms with van der Waals surface area (Å²) in [6.07, 6.45) is 8.48. The van der Waals surface area contributed by atoms with E-state index < -0.39 is 0 Å². The molecule has 2 aromatic carbocycles. The van der Waals surface area contributed by atoms with Crippen LogP contribution in [-0.4, -0.2) is 20.9 Å². The molecule has 0 aliphatic carbocycles. The Bertz CT molecular complexity index is 2130. The van der Waals surface area contributed by atoms with Crippen molar-refractivity contribution >= 4 is 49.1 Å². The molecule has 5 nitrogen and oxygen atoms in total. The molecule has 265 valence electrons. The van der Waals surface area contributed by atoms with Crippen molar-refractivity contribution in [3.63, 3.8) is 0 Å². The van der Waals surface area contributed by atoms with Crippen molar-refractivity contribution in [3.05, 3.63) is 95.8 Å². The van der Waals surface area contributed by atoms with Crippen LogP contribution in [0.2, 0.25) is 0 Å². The van der Waals surface area contributed by atoms with Gasteiger partial charge in [0.1, 0.15) is 21.9 Å². The van der Waals surface area contributed by atoms with Crippen LogP contribution in [0, 0.1) is 16.9 Å². The number of aliphatic hydroxyl groups excluding tert-OH is 1. The standard InChI is InChI=1S/C28H21N2OS.C15H28O2.Ir/c1-28(2,3)23-14-20(12-17-6-4-5-7-22(17)23)25-26-18(8-10-29-25)15-24(31-26)21-13-19-9-11-32-27(19)30-16-21;1-7-14(5,8-2)12(16)11-13(17)15(6,9-3)10-4;/h4-11,13-16H,1-3H3;11,16H,7-10H2,1-6H3;/q-1;;/b;12-11-;. The van der Waals surface area contributed by atoms with Crippen LogP contribution in [0.3, 0.4) is 0 Å². The van der Waals surface area contributed by atoms with Crippen molar-refractivity contribution in [1.82, 2.24) is 9.97 Å². The molecular weight excluding hydrogens is 817 g/mol. The van der Waals surface area contributed by atoms with Gasteiger partial charge in [0.2, 0.25) is 0 Å². The summed E-state index contributed by atoms with van der Waals surface area (Å²) >= 11 is 1.64. The van der Waals surface area contributed by atoms with Gasteiger partial charge in [-0.15, -0.1) is 40.5 Å². The number of allylic oxidation sites excluding steroid dienone is 2. The Morgan fingerprint density at radius 3 is 2.22 bits per heavy atom. The maximum Gasteiger partial charge on any atom is 0.164 e. The molecule has 0 aliphatic heterocycles. The van der Waals surface area contributed by atoms with Crippen LogP contribution in [0.15, 0.2) is 88.6 Å². The second kappa shape index (κ2) is 15.7. The summed E-state index contributed by atoms with van der Waals surface area (Å²) in [5, 5.41) is 16.7. The van der Waals surface area contributed by atoms with Crippen LogP contribution in [-0.2, 0) is 30.3 Å². The van der Waals surface area contributed by atoms with E-state index in [4.69, 9.17) is 9.40 Å². The van der Waals surface area contributed by atoms with Crippen LogP contribution in [0.5, 0.6) is 0 Å². The molecule has 0 aliphatic rings. The van der Waals surface area contributed by atoms with E-state index >= 15 is 0 Å². The van der Waals surface area contributed by atoms with Gasteiger partial charge in [0, 0.05) is 71.4 Å². The SMILES string of the molecule is CC(C)(C)c1cc(-c2nccc3cc(-c4cnc5sccc5c4)oc23)[c-]c2ccccc12.CCC(C)(CC)C(=O)/C=C(\O)C(C)(CC)CC.[Ir]. The first kappa shape index (κ1) is 39.2. The molecule has 50 heavy (non-hydrogen) atoms. The number of carbonyl (C=O) groups excluding carboxylic acids is 1. The number of pyridine rings is 2. The predicted molar refractivity (Wildman–Crippen MR) is 206 cm³/mol. The van der Waals surface area contributed by atoms with E-state index in [1.165, 1.54) is 17.0 Å². The third-order valence-electron chi connectivity index (χ3n) is 10.5. The predicted octanol–water partition coefficient (Wildman–Crippen LogP) is 12.7. The average molecular weight is 866 g/mol. The minimum Gasteiger partial charge on any atom is -0.512 e. The topological polar surface area (TPSA) is 76.2 Å². The van der Waals surface area contributed by atoms with Gasteiger partial charge in [0.05, 0.1) is 0 Å². The number of benzene rings is 2. The van der Waals surface area contributed by atoms with Gasteiger partial charge >= 0.3 is 0 Å². The molecule has 0 atom stereocenters. The Balaban J connectivity index is 0.000000269. The molecule has 6 aromatic rings. The molecule has 1 radical (unpaired) electrons. The molecule has 7 heteroatoms. The van der Waals surface area contributed by atoms with Gasteiger partial charge in [-0.3, -0.25) is 9.78 Å². The van der Waals surface area contributed by atoms with Gasteiger partial charge in [-0.2, -0.15) is 0 Å². The maximum absolute atomic E-state index is 12.2. The van der Waals surface area contributed by atoms with Gasteiger partial charge in [-0.25, -0.2) is 4.98 Å². The number of furan rings is 1. The molecule has 4 aromatic heterocycles. The van der Waals surface area contributed by atoms with Crippen molar-refractivity contribution in [2.24, 2.45) is 10.8 Å². The molecule has 0 saturated carbocycles. The van der Waals surface area contributed by atoms with E-state index in [1.807, 2.05) is 60.0 Å². The molecule has 0 bridgehead atoms. The molecule has 0 spiro atoms. The van der Waals surface area contributed by atoms with Crippen LogP contribution in [0.1, 0.15) is 93.6 Å². The zero-order valence-corrected chi connectivity index (χ0v) is 33.9. The molecule has 6 rings (SSSR count). The van der Waals surface area contributed by atoms with E-state index in [0.717, 1.165) is 74.8 Å². The molecule has 0 saturated heterocycles. The number of aliphatic hydroxyl groups is 1. The summed E-state index contributed by atoms with van der Waals surface area (Å²) in [4.78, 5) is 22.5. The summed E-state index contributed by atoms with van der Waals surface area (Å²) in [6, 6.07) is 22.5. The first-order valence-electron chi connectivity index (χ1n) is 17.4. The third-order valence-corrected chi connectivity index (χ3v) is 11.3. The fourth-order valence-corrected chi connectivity index (χ4v) is 6.67. The number of hydrogen-bond donors (Lipinski definition) is 1. The molecule has 4 heterocycles. The van der Waals surface area contributed by atoms with E-state index in [1.54, 1.807) is 11.3 Å². The fraction of sp³-hybridized carbons (Fsp3) is 0.372. The van der Waals surface area contributed by atoms with Crippen LogP contribution >= 0.6 is 11.3 Å². The van der Waals surface area contributed by atoms with Gasteiger partial charge in [-0.1, -0.05) is 91.5 Å². The minimum absolute atomic E-state index is 0. The maximum atomic E-state index is 12.2. The van der Waals surface area contributed by atoms with E-state index in [9.17, 15) is 9.90 Å². The van der Waals surface area contributed by atoms with Crippen molar-refractivity contribution < 1.29 is 34.4 Å². The smallest absolute Gasteiger partial charge is 0.164 e. The zero-order valence-electron chi connectivity index (χ0n) is 30.7. The number of thiophene rings is 1. The minimum atomic E-state index is -0.337. The first-order chi connectivity index (χ1) is 23.3. The molecule has 0 fully saturated rings. The number of aromatic nitrogens is 2. The Morgan fingerprint density at radius 1 is 0.880 bits per heavy atom. The van der Waals surface area contributed by atoms with Crippen molar-refractivity contribution in [1.29, 1.82) is 0 Å². The van der Waals surface area contributed by atoms with Gasteiger partial charge in [0.25, 0.3) is 0 Å². The Kier molecular flexibility index (Phi) is 12.3. The summed E-state index contributed by atoms with van der Waals surface area (Å²) in [6.45, 7) is 18.8. The van der Waals surface area contributed by atoms with Crippen molar-refractivity contribution in [2.45, 2.75) is 93.4 Å². The van der Waals surface area contributed by atoms with E-state index in [2.05, 4.69) is 85.7 Å². The number of rotatable bonds is 9. The van der Waals surface area contributed by atoms with E-state index in [-0.39, 0.29) is 47.9 Å². The summed E-state index contributed by atoms with van der Waals surface area (Å²) in [5.41, 5.74) is 4.18. The first-order valence-corrected chi connectivity index (χ1v) is 18.3. The Labute approximate surface area is 314 Å². The second-order valence-electron chi connectivity index (χ2n) is 14.5. The number of nitrogens with zero attached hydrogens (tertiary/aromatic N) is 2. The normalized spacial score (nSPS) is 12.5. The number of hydrogen-bond acceptors (Lipinski definition) is 6. The number of carbonyl (C=O) groups is 1. The number of fused-ring (bicyclic) bond motifs is 3. The largest absolute Gasteiger partial charge is 0.512 e. The Hall–Kier alpha value is -3.64. The Morgan fingerprint density at radius 2 is 1.56 bits per heavy atom. The van der Waals surface area contributed by atoms with Gasteiger partial charge in [0.15, 0.2) is 5.78 Å². The van der Waals surface area contributed by atoms with Crippen LogP contribution in [0.4, 0.5) is 0 Å². The zero-order chi connectivity index (χ0) is 35.6. The van der Waals surface area contributed by atoms with E-state index in [0.29, 0.717) is 0 Å². The molecule has 0 amide bonds. The molecule has 1 N–H and O–H groups in total.